The zero-order valence-electron chi connectivity index (χ0n) is 13.4. The summed E-state index contributed by atoms with van der Waals surface area (Å²) in [6.45, 7) is 2.94. The maximum Gasteiger partial charge on any atom is 0.251 e. The van der Waals surface area contributed by atoms with Crippen molar-refractivity contribution in [2.24, 2.45) is 5.73 Å². The number of carbonyl (C=O) groups is 1. The number of para-hydroxylation sites is 1. The second-order valence-corrected chi connectivity index (χ2v) is 5.82. The molecule has 24 heavy (non-hydrogen) atoms. The summed E-state index contributed by atoms with van der Waals surface area (Å²) in [6, 6.07) is 6.75. The van der Waals surface area contributed by atoms with Crippen LogP contribution in [0.25, 0.3) is 0 Å². The first-order valence-electron chi connectivity index (χ1n) is 7.83. The van der Waals surface area contributed by atoms with Crippen molar-refractivity contribution in [2.45, 2.75) is 25.0 Å². The Morgan fingerprint density at radius 2 is 1.83 bits per heavy atom. The number of hydrogen-bond acceptors (Lipinski definition) is 4. The molecule has 0 aliphatic carbocycles. The minimum absolute atomic E-state index is 0. The Kier molecular flexibility index (Phi) is 8.22. The number of anilines is 1. The molecule has 2 aliphatic heterocycles. The molecule has 2 aliphatic rings. The van der Waals surface area contributed by atoms with Gasteiger partial charge in [-0.15, -0.1) is 24.8 Å². The van der Waals surface area contributed by atoms with Crippen molar-refractivity contribution in [3.8, 4) is 0 Å². The molecule has 0 saturated carbocycles. The summed E-state index contributed by atoms with van der Waals surface area (Å²) in [4.78, 5) is 16.2. The molecule has 0 aromatic heterocycles. The van der Waals surface area contributed by atoms with E-state index in [9.17, 15) is 9.18 Å². The number of nitrogens with two attached hydrogens (primary N) is 1. The van der Waals surface area contributed by atoms with Crippen molar-refractivity contribution in [2.75, 3.05) is 37.6 Å². The SMILES string of the molecule is Cl.Cl.NC[C@H]1CC[C@@H](C(=O)N2CCN(c3ccccc3F)CC2)O1. The standard InChI is InChI=1S/C16H22FN3O2.2ClH/c17-13-3-1-2-4-14(13)19-7-9-20(10-8-19)16(21)15-6-5-12(11-18)22-15;;/h1-4,12,15H,5-11,18H2;2*1H/t12-,15+;;/m1../s1. The number of piperazine rings is 1. The summed E-state index contributed by atoms with van der Waals surface area (Å²) < 4.78 is 19.5. The van der Waals surface area contributed by atoms with Crippen molar-refractivity contribution >= 4 is 36.4 Å². The van der Waals surface area contributed by atoms with Crippen LogP contribution >= 0.6 is 24.8 Å². The first-order chi connectivity index (χ1) is 10.7. The molecule has 2 heterocycles. The number of nitrogens with zero attached hydrogens (tertiary/aromatic N) is 2. The van der Waals surface area contributed by atoms with E-state index in [4.69, 9.17) is 10.5 Å². The number of carbonyl (C=O) groups excluding carboxylic acids is 1. The second-order valence-electron chi connectivity index (χ2n) is 5.82. The molecule has 136 valence electrons. The van der Waals surface area contributed by atoms with Gasteiger partial charge in [0.1, 0.15) is 11.9 Å². The Labute approximate surface area is 154 Å². The van der Waals surface area contributed by atoms with Crippen LogP contribution in [0.2, 0.25) is 0 Å². The van der Waals surface area contributed by atoms with Crippen molar-refractivity contribution < 1.29 is 13.9 Å². The average molecular weight is 380 g/mol. The lowest BCUT2D eigenvalue weighted by Crippen LogP contribution is -2.51. The van der Waals surface area contributed by atoms with E-state index in [1.54, 1.807) is 12.1 Å². The monoisotopic (exact) mass is 379 g/mol. The van der Waals surface area contributed by atoms with Crippen LogP contribution in [-0.4, -0.2) is 55.7 Å². The highest BCUT2D eigenvalue weighted by Gasteiger charge is 2.34. The minimum atomic E-state index is -0.353. The Balaban J connectivity index is 0.00000144. The number of ether oxygens (including phenoxy) is 1. The van der Waals surface area contributed by atoms with Gasteiger partial charge in [0, 0.05) is 32.7 Å². The van der Waals surface area contributed by atoms with Gasteiger partial charge in [0.25, 0.3) is 5.91 Å². The lowest BCUT2D eigenvalue weighted by Gasteiger charge is -2.37. The van der Waals surface area contributed by atoms with Crippen LogP contribution in [0, 0.1) is 5.82 Å². The normalized spacial score (nSPS) is 23.4. The topological polar surface area (TPSA) is 58.8 Å². The number of rotatable bonds is 3. The first kappa shape index (κ1) is 21.0. The maximum absolute atomic E-state index is 13.8. The molecule has 1 aromatic carbocycles. The zero-order valence-corrected chi connectivity index (χ0v) is 15.0. The molecule has 2 saturated heterocycles. The number of halogens is 3. The third kappa shape index (κ3) is 4.51. The van der Waals surface area contributed by atoms with Gasteiger partial charge in [0.2, 0.25) is 0 Å². The predicted molar refractivity (Wildman–Crippen MR) is 96.6 cm³/mol. The minimum Gasteiger partial charge on any atom is -0.366 e. The summed E-state index contributed by atoms with van der Waals surface area (Å²) in [5.74, 6) is -0.170. The highest BCUT2D eigenvalue weighted by atomic mass is 35.5. The van der Waals surface area contributed by atoms with Crippen LogP contribution in [0.1, 0.15) is 12.8 Å². The predicted octanol–water partition coefficient (Wildman–Crippen LogP) is 1.82. The Hall–Kier alpha value is -1.08. The molecule has 1 aromatic rings. The van der Waals surface area contributed by atoms with Gasteiger partial charge in [0.05, 0.1) is 11.8 Å². The molecule has 2 atom stereocenters. The Bertz CT molecular complexity index is 542. The van der Waals surface area contributed by atoms with E-state index in [0.717, 1.165) is 12.8 Å². The van der Waals surface area contributed by atoms with Crippen LogP contribution in [0.15, 0.2) is 24.3 Å². The van der Waals surface area contributed by atoms with E-state index in [0.29, 0.717) is 38.4 Å². The largest absolute Gasteiger partial charge is 0.366 e. The van der Waals surface area contributed by atoms with Crippen molar-refractivity contribution in [3.63, 3.8) is 0 Å². The van der Waals surface area contributed by atoms with Gasteiger partial charge in [-0.25, -0.2) is 4.39 Å². The third-order valence-corrected chi connectivity index (χ3v) is 4.43. The number of hydrogen-bond donors (Lipinski definition) is 1. The molecule has 0 radical (unpaired) electrons. The lowest BCUT2D eigenvalue weighted by atomic mass is 10.1. The van der Waals surface area contributed by atoms with E-state index in [1.807, 2.05) is 15.9 Å². The summed E-state index contributed by atoms with van der Waals surface area (Å²) in [5, 5.41) is 0. The first-order valence-corrected chi connectivity index (χ1v) is 7.83. The van der Waals surface area contributed by atoms with E-state index < -0.39 is 0 Å². The van der Waals surface area contributed by atoms with Gasteiger partial charge in [-0.3, -0.25) is 4.79 Å². The summed E-state index contributed by atoms with van der Waals surface area (Å²) in [7, 11) is 0. The summed E-state index contributed by atoms with van der Waals surface area (Å²) in [5.41, 5.74) is 6.19. The van der Waals surface area contributed by atoms with E-state index in [-0.39, 0.29) is 48.7 Å². The highest BCUT2D eigenvalue weighted by molar-refractivity contribution is 5.85. The molecule has 5 nitrogen and oxygen atoms in total. The van der Waals surface area contributed by atoms with Gasteiger partial charge < -0.3 is 20.3 Å². The molecule has 1 amide bonds. The van der Waals surface area contributed by atoms with Crippen LogP contribution in [0.3, 0.4) is 0 Å². The van der Waals surface area contributed by atoms with Gasteiger partial charge in [-0.05, 0) is 25.0 Å². The average Bonchev–Trinajstić information content (AvgIpc) is 3.04. The quantitative estimate of drug-likeness (QED) is 0.869. The van der Waals surface area contributed by atoms with Crippen molar-refractivity contribution in [1.82, 2.24) is 4.90 Å². The molecular formula is C16H24Cl2FN3O2. The number of benzene rings is 1. The van der Waals surface area contributed by atoms with Crippen molar-refractivity contribution in [1.29, 1.82) is 0 Å². The number of amides is 1. The van der Waals surface area contributed by atoms with Gasteiger partial charge >= 0.3 is 0 Å². The summed E-state index contributed by atoms with van der Waals surface area (Å²) in [6.07, 6.45) is 1.25. The third-order valence-electron chi connectivity index (χ3n) is 4.43. The van der Waals surface area contributed by atoms with Gasteiger partial charge in [-0.2, -0.15) is 0 Å². The van der Waals surface area contributed by atoms with Crippen molar-refractivity contribution in [3.05, 3.63) is 30.1 Å². The fourth-order valence-corrected chi connectivity index (χ4v) is 3.14. The highest BCUT2D eigenvalue weighted by Crippen LogP contribution is 2.23. The van der Waals surface area contributed by atoms with E-state index in [2.05, 4.69) is 0 Å². The molecule has 8 heteroatoms. The fraction of sp³-hybridized carbons (Fsp3) is 0.562. The second kappa shape index (κ2) is 9.42. The molecule has 2 N–H and O–H groups in total. The van der Waals surface area contributed by atoms with E-state index in [1.165, 1.54) is 6.07 Å². The fourth-order valence-electron chi connectivity index (χ4n) is 3.14. The molecule has 0 unspecified atom stereocenters. The van der Waals surface area contributed by atoms with Crippen LogP contribution in [0.5, 0.6) is 0 Å². The Morgan fingerprint density at radius 1 is 1.17 bits per heavy atom. The van der Waals surface area contributed by atoms with Crippen LogP contribution in [-0.2, 0) is 9.53 Å². The smallest absolute Gasteiger partial charge is 0.251 e. The van der Waals surface area contributed by atoms with Gasteiger partial charge in [-0.1, -0.05) is 12.1 Å². The molecule has 0 bridgehead atoms. The molecule has 3 rings (SSSR count). The van der Waals surface area contributed by atoms with E-state index >= 15 is 0 Å². The molecule has 0 spiro atoms. The van der Waals surface area contributed by atoms with Crippen LogP contribution in [0.4, 0.5) is 10.1 Å². The summed E-state index contributed by atoms with van der Waals surface area (Å²) >= 11 is 0. The lowest BCUT2D eigenvalue weighted by molar-refractivity contribution is -0.143. The molecule has 2 fully saturated rings. The van der Waals surface area contributed by atoms with Crippen LogP contribution < -0.4 is 10.6 Å². The van der Waals surface area contributed by atoms with Gasteiger partial charge in [0.15, 0.2) is 0 Å². The zero-order chi connectivity index (χ0) is 15.5. The molecular weight excluding hydrogens is 356 g/mol. The maximum atomic E-state index is 13.8. The Morgan fingerprint density at radius 3 is 2.42 bits per heavy atom.